The molecule has 3 aliphatic carbocycles. The van der Waals surface area contributed by atoms with Crippen LogP contribution in [-0.4, -0.2) is 42.0 Å². The van der Waals surface area contributed by atoms with Crippen LogP contribution in [0.2, 0.25) is 0 Å². The zero-order valence-corrected chi connectivity index (χ0v) is 18.2. The van der Waals surface area contributed by atoms with Gasteiger partial charge in [0.15, 0.2) is 0 Å². The number of piperidine rings is 2. The minimum absolute atomic E-state index is 0.321. The van der Waals surface area contributed by atoms with E-state index in [1.165, 1.54) is 77.3 Å². The lowest BCUT2D eigenvalue weighted by Crippen LogP contribution is -2.74. The Hall–Kier alpha value is -0.0600. The van der Waals surface area contributed by atoms with Crippen molar-refractivity contribution in [1.29, 1.82) is 0 Å². The van der Waals surface area contributed by atoms with Crippen molar-refractivity contribution in [3.05, 3.63) is 0 Å². The molecule has 9 unspecified atom stereocenters. The average molecular weight is 403 g/mol. The molecule has 0 amide bonds. The van der Waals surface area contributed by atoms with Gasteiger partial charge >= 0.3 is 0 Å². The average Bonchev–Trinajstić information content (AvgIpc) is 2.77. The number of ketones is 1. The Bertz CT molecular complexity index is 574. The summed E-state index contributed by atoms with van der Waals surface area (Å²) >= 11 is 2.39. The first kappa shape index (κ1) is 18.7. The predicted molar refractivity (Wildman–Crippen MR) is 116 cm³/mol. The van der Waals surface area contributed by atoms with Crippen LogP contribution in [0.15, 0.2) is 0 Å². The van der Waals surface area contributed by atoms with Gasteiger partial charge in [0.1, 0.15) is 5.78 Å². The molecule has 9 atom stereocenters. The normalized spacial score (nSPS) is 53.6. The molecule has 1 spiro atoms. The lowest BCUT2D eigenvalue weighted by atomic mass is 9.41. The first-order chi connectivity index (χ1) is 13.8. The van der Waals surface area contributed by atoms with Gasteiger partial charge in [0.05, 0.1) is 0 Å². The molecule has 0 radical (unpaired) electrons. The van der Waals surface area contributed by atoms with Gasteiger partial charge in [-0.15, -0.1) is 0 Å². The summed E-state index contributed by atoms with van der Waals surface area (Å²) < 4.78 is 0. The van der Waals surface area contributed by atoms with Crippen molar-refractivity contribution in [1.82, 2.24) is 10.6 Å². The summed E-state index contributed by atoms with van der Waals surface area (Å²) in [4.78, 5) is 13.7. The molecular formula is C24H38N2OS. The smallest absolute Gasteiger partial charge is 0.140 e. The van der Waals surface area contributed by atoms with Gasteiger partial charge in [0.25, 0.3) is 0 Å². The van der Waals surface area contributed by atoms with Crippen molar-refractivity contribution in [3.63, 3.8) is 0 Å². The van der Waals surface area contributed by atoms with E-state index in [4.69, 9.17) is 0 Å². The van der Waals surface area contributed by atoms with Crippen LogP contribution in [0.3, 0.4) is 0 Å². The fourth-order valence-electron chi connectivity index (χ4n) is 9.13. The molecule has 3 nitrogen and oxygen atoms in total. The zero-order chi connectivity index (χ0) is 18.7. The maximum absolute atomic E-state index is 13.7. The van der Waals surface area contributed by atoms with E-state index >= 15 is 0 Å². The summed E-state index contributed by atoms with van der Waals surface area (Å²) in [6, 6.07) is 0.479. The second-order valence-corrected chi connectivity index (χ2v) is 12.3. The van der Waals surface area contributed by atoms with E-state index in [0.717, 1.165) is 35.3 Å². The van der Waals surface area contributed by atoms with Crippen LogP contribution in [0.1, 0.15) is 70.6 Å². The van der Waals surface area contributed by atoms with Crippen LogP contribution in [0, 0.1) is 35.0 Å². The highest BCUT2D eigenvalue weighted by atomic mass is 32.2. The fourth-order valence-corrected chi connectivity index (χ4v) is 11.2. The van der Waals surface area contributed by atoms with Gasteiger partial charge in [0, 0.05) is 28.4 Å². The third-order valence-electron chi connectivity index (χ3n) is 9.89. The van der Waals surface area contributed by atoms with Crippen molar-refractivity contribution in [3.8, 4) is 0 Å². The molecule has 6 fully saturated rings. The van der Waals surface area contributed by atoms with E-state index in [9.17, 15) is 4.79 Å². The number of carbonyl (C=O) groups is 1. The van der Waals surface area contributed by atoms with Crippen LogP contribution in [0.5, 0.6) is 0 Å². The van der Waals surface area contributed by atoms with Crippen LogP contribution in [0.4, 0.5) is 0 Å². The first-order valence-corrected chi connectivity index (χ1v) is 13.4. The molecule has 0 bridgehead atoms. The Morgan fingerprint density at radius 3 is 2.43 bits per heavy atom. The highest BCUT2D eigenvalue weighted by Gasteiger charge is 2.68. The second-order valence-electron chi connectivity index (χ2n) is 10.8. The summed E-state index contributed by atoms with van der Waals surface area (Å²) in [5.74, 6) is 3.69. The molecule has 6 aliphatic rings. The first-order valence-electron chi connectivity index (χ1n) is 12.4. The predicted octanol–water partition coefficient (Wildman–Crippen LogP) is 4.01. The topological polar surface area (TPSA) is 41.1 Å². The van der Waals surface area contributed by atoms with Crippen LogP contribution < -0.4 is 10.6 Å². The van der Waals surface area contributed by atoms with Crippen LogP contribution in [0.25, 0.3) is 0 Å². The highest BCUT2D eigenvalue weighted by molar-refractivity contribution is 8.00. The van der Waals surface area contributed by atoms with Gasteiger partial charge < -0.3 is 10.6 Å². The third-order valence-corrected chi connectivity index (χ3v) is 11.7. The van der Waals surface area contributed by atoms with Gasteiger partial charge in [-0.1, -0.05) is 25.7 Å². The summed E-state index contributed by atoms with van der Waals surface area (Å²) in [6.07, 6.45) is 14.6. The molecule has 3 saturated carbocycles. The Morgan fingerprint density at radius 2 is 1.50 bits per heavy atom. The summed E-state index contributed by atoms with van der Waals surface area (Å²) in [5.41, 5.74) is 0.387. The van der Waals surface area contributed by atoms with Crippen molar-refractivity contribution in [2.75, 3.05) is 19.6 Å². The second kappa shape index (κ2) is 7.27. The Balaban J connectivity index is 1.52. The third kappa shape index (κ3) is 2.52. The van der Waals surface area contributed by atoms with E-state index in [1.54, 1.807) is 0 Å². The standard InChI is InChI=1S/C24H38N2OS/c27-22-15-6-1-2-8-17(15)24(23-16(22)7-5-12-26-23)18-9-3-4-10-20(18)28-21-11-13-25-14-19(21)24/h15-21,23,25-26H,1-14H2. The number of thioether (sulfide) groups is 1. The van der Waals surface area contributed by atoms with E-state index in [1.807, 2.05) is 0 Å². The van der Waals surface area contributed by atoms with E-state index < -0.39 is 0 Å². The SMILES string of the molecule is O=C1C2CCCCC2C2(C3CCCCC3SC3CCNCC32)C2NCCCC12. The molecule has 0 aromatic rings. The number of nitrogens with one attached hydrogen (secondary N) is 2. The maximum atomic E-state index is 13.7. The summed E-state index contributed by atoms with van der Waals surface area (Å²) in [5, 5.41) is 9.58. The Kier molecular flexibility index (Phi) is 4.85. The largest absolute Gasteiger partial charge is 0.316 e. The van der Waals surface area contributed by atoms with Crippen molar-refractivity contribution in [2.45, 2.75) is 87.2 Å². The monoisotopic (exact) mass is 402 g/mol. The lowest BCUT2D eigenvalue weighted by Gasteiger charge is -2.69. The maximum Gasteiger partial charge on any atom is 0.140 e. The van der Waals surface area contributed by atoms with Gasteiger partial charge in [-0.3, -0.25) is 4.79 Å². The van der Waals surface area contributed by atoms with Crippen molar-refractivity contribution in [2.24, 2.45) is 35.0 Å². The lowest BCUT2D eigenvalue weighted by molar-refractivity contribution is -0.169. The van der Waals surface area contributed by atoms with Gasteiger partial charge in [0.2, 0.25) is 0 Å². The molecule has 3 saturated heterocycles. The molecule has 0 aromatic carbocycles. The number of carbonyl (C=O) groups excluding carboxylic acids is 1. The highest BCUT2D eigenvalue weighted by Crippen LogP contribution is 2.67. The van der Waals surface area contributed by atoms with E-state index in [0.29, 0.717) is 35.0 Å². The molecule has 4 heteroatoms. The Labute approximate surface area is 174 Å². The zero-order valence-electron chi connectivity index (χ0n) is 17.3. The van der Waals surface area contributed by atoms with Gasteiger partial charge in [-0.2, -0.15) is 11.8 Å². The minimum Gasteiger partial charge on any atom is -0.316 e. The quantitative estimate of drug-likeness (QED) is 0.642. The molecule has 156 valence electrons. The molecular weight excluding hydrogens is 364 g/mol. The van der Waals surface area contributed by atoms with E-state index in [2.05, 4.69) is 22.4 Å². The fraction of sp³-hybridized carbons (Fsp3) is 0.958. The van der Waals surface area contributed by atoms with Crippen molar-refractivity contribution < 1.29 is 4.79 Å². The molecule has 2 N–H and O–H groups in total. The van der Waals surface area contributed by atoms with Gasteiger partial charge in [-0.05, 0) is 87.7 Å². The Morgan fingerprint density at radius 1 is 0.750 bits per heavy atom. The number of hydrogen-bond acceptors (Lipinski definition) is 4. The number of hydrogen-bond donors (Lipinski definition) is 2. The number of fused-ring (bicyclic) bond motifs is 8. The molecule has 3 aliphatic heterocycles. The number of rotatable bonds is 0. The van der Waals surface area contributed by atoms with Gasteiger partial charge in [-0.25, -0.2) is 0 Å². The summed E-state index contributed by atoms with van der Waals surface area (Å²) in [7, 11) is 0. The number of Topliss-reactive ketones (excluding diaryl/α,β-unsaturated/α-hetero) is 1. The van der Waals surface area contributed by atoms with E-state index in [-0.39, 0.29) is 0 Å². The molecule has 3 heterocycles. The van der Waals surface area contributed by atoms with Crippen LogP contribution in [-0.2, 0) is 4.79 Å². The molecule has 0 aromatic heterocycles. The summed E-state index contributed by atoms with van der Waals surface area (Å²) in [6.45, 7) is 3.56. The molecule has 28 heavy (non-hydrogen) atoms. The molecule has 6 rings (SSSR count). The van der Waals surface area contributed by atoms with Crippen molar-refractivity contribution >= 4 is 17.5 Å². The van der Waals surface area contributed by atoms with Crippen LogP contribution >= 0.6 is 11.8 Å². The minimum atomic E-state index is 0.321.